The molecule has 164 valence electrons. The molecule has 11 heteroatoms. The predicted octanol–water partition coefficient (Wildman–Crippen LogP) is 2.65. The number of nitrogens with zero attached hydrogens (tertiary/aromatic N) is 1. The van der Waals surface area contributed by atoms with E-state index in [0.717, 1.165) is 50.4 Å². The van der Waals surface area contributed by atoms with Gasteiger partial charge in [0.05, 0.1) is 10.9 Å². The minimum atomic E-state index is -4.87. The first-order valence-corrected chi connectivity index (χ1v) is 10.7. The molecule has 0 radical (unpaired) electrons. The van der Waals surface area contributed by atoms with E-state index in [0.29, 0.717) is 12.1 Å². The van der Waals surface area contributed by atoms with E-state index in [2.05, 4.69) is 19.7 Å². The molecule has 0 unspecified atom stereocenters. The number of piperazine rings is 1. The SMILES string of the molecule is O=S(=O)(N[C@H](CN1CCNCC1)c1ccc(F)cc1)c1ccc(OC(F)(F)F)cc1. The van der Waals surface area contributed by atoms with Crippen LogP contribution in [0, 0.1) is 5.82 Å². The first kappa shape index (κ1) is 22.5. The third kappa shape index (κ3) is 6.39. The Morgan fingerprint density at radius 1 is 1.03 bits per heavy atom. The Morgan fingerprint density at radius 2 is 1.63 bits per heavy atom. The van der Waals surface area contributed by atoms with Crippen LogP contribution in [0.15, 0.2) is 53.4 Å². The maximum absolute atomic E-state index is 13.3. The van der Waals surface area contributed by atoms with Crippen molar-refractivity contribution in [3.8, 4) is 5.75 Å². The number of ether oxygens (including phenoxy) is 1. The summed E-state index contributed by atoms with van der Waals surface area (Å²) in [6, 6.07) is 8.79. The molecule has 0 spiro atoms. The van der Waals surface area contributed by atoms with E-state index in [4.69, 9.17) is 0 Å². The van der Waals surface area contributed by atoms with Gasteiger partial charge in [0.25, 0.3) is 0 Å². The van der Waals surface area contributed by atoms with E-state index in [9.17, 15) is 26.0 Å². The van der Waals surface area contributed by atoms with Gasteiger partial charge in [-0.1, -0.05) is 12.1 Å². The number of alkyl halides is 3. The molecule has 30 heavy (non-hydrogen) atoms. The molecule has 1 aliphatic rings. The Hall–Kier alpha value is -2.21. The van der Waals surface area contributed by atoms with Gasteiger partial charge >= 0.3 is 6.36 Å². The topological polar surface area (TPSA) is 70.7 Å². The molecule has 0 aliphatic carbocycles. The van der Waals surface area contributed by atoms with Gasteiger partial charge in [0.15, 0.2) is 0 Å². The molecule has 3 rings (SSSR count). The number of hydrogen-bond acceptors (Lipinski definition) is 5. The molecular formula is C19H21F4N3O3S. The van der Waals surface area contributed by atoms with Crippen LogP contribution in [-0.2, 0) is 10.0 Å². The normalized spacial score (nSPS) is 16.9. The molecule has 0 aromatic heterocycles. The minimum absolute atomic E-state index is 0.204. The summed E-state index contributed by atoms with van der Waals surface area (Å²) in [7, 11) is -4.05. The predicted molar refractivity (Wildman–Crippen MR) is 102 cm³/mol. The van der Waals surface area contributed by atoms with E-state index in [1.54, 1.807) is 0 Å². The van der Waals surface area contributed by atoms with Crippen LogP contribution < -0.4 is 14.8 Å². The van der Waals surface area contributed by atoms with Gasteiger partial charge in [0.2, 0.25) is 10.0 Å². The maximum atomic E-state index is 13.3. The van der Waals surface area contributed by atoms with Gasteiger partial charge in [-0.25, -0.2) is 17.5 Å². The largest absolute Gasteiger partial charge is 0.573 e. The van der Waals surface area contributed by atoms with Crippen molar-refractivity contribution in [2.24, 2.45) is 0 Å². The molecule has 1 heterocycles. The number of halogens is 4. The fourth-order valence-electron chi connectivity index (χ4n) is 3.13. The molecule has 1 atom stereocenters. The highest BCUT2D eigenvalue weighted by Crippen LogP contribution is 2.25. The first-order chi connectivity index (χ1) is 14.1. The Balaban J connectivity index is 1.80. The summed E-state index contributed by atoms with van der Waals surface area (Å²) in [6.07, 6.45) is -4.87. The van der Waals surface area contributed by atoms with Crippen LogP contribution >= 0.6 is 0 Å². The Kier molecular flexibility index (Phi) is 6.96. The molecule has 1 aliphatic heterocycles. The fraction of sp³-hybridized carbons (Fsp3) is 0.368. The molecule has 0 amide bonds. The number of hydrogen-bond donors (Lipinski definition) is 2. The molecule has 1 saturated heterocycles. The molecule has 2 N–H and O–H groups in total. The average Bonchev–Trinajstić information content (AvgIpc) is 2.68. The van der Waals surface area contributed by atoms with Crippen molar-refractivity contribution in [2.75, 3.05) is 32.7 Å². The van der Waals surface area contributed by atoms with Gasteiger partial charge in [0.1, 0.15) is 11.6 Å². The van der Waals surface area contributed by atoms with E-state index in [1.165, 1.54) is 24.3 Å². The van der Waals surface area contributed by atoms with Crippen LogP contribution in [0.1, 0.15) is 11.6 Å². The lowest BCUT2D eigenvalue weighted by Gasteiger charge is -2.31. The zero-order valence-corrected chi connectivity index (χ0v) is 16.6. The van der Waals surface area contributed by atoms with Crippen LogP contribution in [0.5, 0.6) is 5.75 Å². The third-order valence-corrected chi connectivity index (χ3v) is 6.08. The first-order valence-electron chi connectivity index (χ1n) is 9.19. The lowest BCUT2D eigenvalue weighted by molar-refractivity contribution is -0.274. The van der Waals surface area contributed by atoms with Crippen LogP contribution in [0.2, 0.25) is 0 Å². The lowest BCUT2D eigenvalue weighted by atomic mass is 10.1. The molecule has 1 fully saturated rings. The summed E-state index contributed by atoms with van der Waals surface area (Å²) in [5, 5.41) is 3.21. The van der Waals surface area contributed by atoms with E-state index >= 15 is 0 Å². The number of sulfonamides is 1. The van der Waals surface area contributed by atoms with Crippen LogP contribution in [-0.4, -0.2) is 52.4 Å². The van der Waals surface area contributed by atoms with Crippen molar-refractivity contribution in [3.63, 3.8) is 0 Å². The van der Waals surface area contributed by atoms with Crippen molar-refractivity contribution in [3.05, 3.63) is 59.9 Å². The molecule has 0 saturated carbocycles. The van der Waals surface area contributed by atoms with Crippen LogP contribution in [0.25, 0.3) is 0 Å². The molecule has 0 bridgehead atoms. The van der Waals surface area contributed by atoms with Crippen molar-refractivity contribution in [1.29, 1.82) is 0 Å². The molecule has 6 nitrogen and oxygen atoms in total. The minimum Gasteiger partial charge on any atom is -0.406 e. The molecule has 2 aromatic carbocycles. The van der Waals surface area contributed by atoms with Gasteiger partial charge < -0.3 is 10.1 Å². The molecular weight excluding hydrogens is 426 g/mol. The maximum Gasteiger partial charge on any atom is 0.573 e. The van der Waals surface area contributed by atoms with Crippen molar-refractivity contribution >= 4 is 10.0 Å². The van der Waals surface area contributed by atoms with Gasteiger partial charge in [-0.05, 0) is 42.0 Å². The van der Waals surface area contributed by atoms with Crippen molar-refractivity contribution in [1.82, 2.24) is 14.9 Å². The summed E-state index contributed by atoms with van der Waals surface area (Å²) in [5.74, 6) is -0.958. The monoisotopic (exact) mass is 447 g/mol. The Labute approximate surface area is 171 Å². The van der Waals surface area contributed by atoms with Gasteiger partial charge in [-0.2, -0.15) is 0 Å². The summed E-state index contributed by atoms with van der Waals surface area (Å²) >= 11 is 0. The zero-order chi connectivity index (χ0) is 21.8. The second-order valence-corrected chi connectivity index (χ2v) is 8.51. The Bertz CT molecular complexity index is 929. The van der Waals surface area contributed by atoms with E-state index in [-0.39, 0.29) is 4.90 Å². The summed E-state index contributed by atoms with van der Waals surface area (Å²) < 4.78 is 82.2. The van der Waals surface area contributed by atoms with Gasteiger partial charge in [-0.15, -0.1) is 13.2 Å². The summed E-state index contributed by atoms with van der Waals surface area (Å²) in [4.78, 5) is 1.87. The smallest absolute Gasteiger partial charge is 0.406 e. The van der Waals surface area contributed by atoms with Gasteiger partial charge in [0, 0.05) is 32.7 Å². The van der Waals surface area contributed by atoms with Crippen LogP contribution in [0.3, 0.4) is 0 Å². The summed E-state index contributed by atoms with van der Waals surface area (Å²) in [6.45, 7) is 3.35. The van der Waals surface area contributed by atoms with E-state index in [1.807, 2.05) is 0 Å². The standard InChI is InChI=1S/C19H21F4N3O3S/c20-15-3-1-14(2-4-15)18(13-26-11-9-24-10-12-26)25-30(27,28)17-7-5-16(6-8-17)29-19(21,22)23/h1-8,18,24-25H,9-13H2/t18-/m1/s1. The highest BCUT2D eigenvalue weighted by Gasteiger charge is 2.31. The van der Waals surface area contributed by atoms with Gasteiger partial charge in [-0.3, -0.25) is 4.90 Å². The zero-order valence-electron chi connectivity index (χ0n) is 15.8. The fourth-order valence-corrected chi connectivity index (χ4v) is 4.35. The summed E-state index contributed by atoms with van der Waals surface area (Å²) in [5.41, 5.74) is 0.579. The Morgan fingerprint density at radius 3 is 2.20 bits per heavy atom. The van der Waals surface area contributed by atoms with Crippen LogP contribution in [0.4, 0.5) is 17.6 Å². The average molecular weight is 447 g/mol. The number of rotatable bonds is 7. The highest BCUT2D eigenvalue weighted by molar-refractivity contribution is 7.89. The third-order valence-electron chi connectivity index (χ3n) is 4.59. The van der Waals surface area contributed by atoms with Crippen molar-refractivity contribution < 1.29 is 30.7 Å². The lowest BCUT2D eigenvalue weighted by Crippen LogP contribution is -2.47. The number of benzene rings is 2. The second kappa shape index (κ2) is 9.29. The molecule has 2 aromatic rings. The number of nitrogens with one attached hydrogen (secondary N) is 2. The van der Waals surface area contributed by atoms with E-state index < -0.39 is 34.0 Å². The highest BCUT2D eigenvalue weighted by atomic mass is 32.2. The second-order valence-electron chi connectivity index (χ2n) is 6.80. The van der Waals surface area contributed by atoms with Crippen molar-refractivity contribution in [2.45, 2.75) is 17.3 Å². The quantitative estimate of drug-likeness (QED) is 0.639.